The van der Waals surface area contributed by atoms with E-state index in [0.717, 1.165) is 5.92 Å². The number of hydrogen-bond acceptors (Lipinski definition) is 0. The van der Waals surface area contributed by atoms with Crippen LogP contribution in [0.2, 0.25) is 0 Å². The van der Waals surface area contributed by atoms with Gasteiger partial charge in [-0.3, -0.25) is 0 Å². The van der Waals surface area contributed by atoms with E-state index in [4.69, 9.17) is 0 Å². The Morgan fingerprint density at radius 1 is 1.19 bits per heavy atom. The molecule has 2 aliphatic carbocycles. The lowest BCUT2D eigenvalue weighted by atomic mass is 9.66. The quantitative estimate of drug-likeness (QED) is 0.608. The maximum absolute atomic E-state index is 4.44. The third-order valence-electron chi connectivity index (χ3n) is 5.22. The van der Waals surface area contributed by atoms with Crippen molar-refractivity contribution in [1.29, 1.82) is 0 Å². The fraction of sp³-hybridized carbons (Fsp3) is 0.500. The Labute approximate surface area is 98.4 Å². The van der Waals surface area contributed by atoms with Crippen LogP contribution < -0.4 is 0 Å². The molecule has 2 bridgehead atoms. The molecule has 0 nitrogen and oxygen atoms in total. The van der Waals surface area contributed by atoms with E-state index in [-0.39, 0.29) is 0 Å². The first-order valence-corrected chi connectivity index (χ1v) is 6.33. The summed E-state index contributed by atoms with van der Waals surface area (Å²) in [5.74, 6) is 0.847. The van der Waals surface area contributed by atoms with E-state index in [1.54, 1.807) is 0 Å². The number of benzene rings is 1. The topological polar surface area (TPSA) is 0 Å². The van der Waals surface area contributed by atoms with Gasteiger partial charge in [0.1, 0.15) is 0 Å². The number of fused-ring (bicyclic) bond motifs is 2. The van der Waals surface area contributed by atoms with E-state index >= 15 is 0 Å². The lowest BCUT2D eigenvalue weighted by Gasteiger charge is -2.38. The number of allylic oxidation sites excluding steroid dienone is 1. The first-order valence-electron chi connectivity index (χ1n) is 6.33. The Hall–Kier alpha value is -1.04. The molecule has 1 aromatic carbocycles. The van der Waals surface area contributed by atoms with Crippen LogP contribution in [0.3, 0.4) is 0 Å². The molecule has 2 saturated carbocycles. The molecule has 0 radical (unpaired) electrons. The van der Waals surface area contributed by atoms with Gasteiger partial charge in [-0.15, -0.1) is 0 Å². The van der Waals surface area contributed by atoms with E-state index in [1.807, 2.05) is 0 Å². The van der Waals surface area contributed by atoms with Crippen LogP contribution in [-0.2, 0) is 5.41 Å². The third kappa shape index (κ3) is 1.05. The highest BCUT2D eigenvalue weighted by atomic mass is 14.6. The predicted octanol–water partition coefficient (Wildman–Crippen LogP) is 4.32. The third-order valence-corrected chi connectivity index (χ3v) is 5.22. The molecule has 0 N–H and O–H groups in total. The van der Waals surface area contributed by atoms with Crippen LogP contribution in [-0.4, -0.2) is 0 Å². The molecule has 0 saturated heterocycles. The zero-order valence-corrected chi connectivity index (χ0v) is 10.3. The van der Waals surface area contributed by atoms with Crippen molar-refractivity contribution in [2.24, 2.45) is 11.3 Å². The van der Waals surface area contributed by atoms with Gasteiger partial charge < -0.3 is 0 Å². The maximum Gasteiger partial charge on any atom is 0.0167 e. The molecular weight excluding hydrogens is 192 g/mol. The molecule has 0 heterocycles. The van der Waals surface area contributed by atoms with Gasteiger partial charge in [0.05, 0.1) is 0 Å². The molecule has 3 rings (SSSR count). The first-order chi connectivity index (χ1) is 7.57. The smallest absolute Gasteiger partial charge is 0.0167 e. The fourth-order valence-electron chi connectivity index (χ4n) is 3.99. The van der Waals surface area contributed by atoms with Crippen molar-refractivity contribution >= 4 is 0 Å². The van der Waals surface area contributed by atoms with Crippen LogP contribution in [0.15, 0.2) is 42.5 Å². The second-order valence-electron chi connectivity index (χ2n) is 6.09. The molecular formula is C16H20. The fourth-order valence-corrected chi connectivity index (χ4v) is 3.99. The van der Waals surface area contributed by atoms with Gasteiger partial charge in [-0.2, -0.15) is 0 Å². The van der Waals surface area contributed by atoms with Crippen molar-refractivity contribution in [2.45, 2.75) is 38.5 Å². The van der Waals surface area contributed by atoms with E-state index in [0.29, 0.717) is 10.8 Å². The van der Waals surface area contributed by atoms with Gasteiger partial charge in [0.15, 0.2) is 0 Å². The molecule has 2 atom stereocenters. The van der Waals surface area contributed by atoms with Crippen molar-refractivity contribution in [2.75, 3.05) is 0 Å². The summed E-state index contributed by atoms with van der Waals surface area (Å²) in [5.41, 5.74) is 3.61. The number of hydrogen-bond donors (Lipinski definition) is 0. The molecule has 84 valence electrons. The van der Waals surface area contributed by atoms with Gasteiger partial charge in [-0.05, 0) is 36.2 Å². The van der Waals surface area contributed by atoms with Gasteiger partial charge in [-0.1, -0.05) is 56.3 Å². The molecule has 0 aromatic heterocycles. The molecule has 0 heteroatoms. The Balaban J connectivity index is 2.11. The Bertz CT molecular complexity index is 427. The minimum atomic E-state index is 0.301. The molecule has 2 fully saturated rings. The van der Waals surface area contributed by atoms with Crippen LogP contribution in [0.25, 0.3) is 0 Å². The summed E-state index contributed by atoms with van der Waals surface area (Å²) >= 11 is 0. The molecule has 2 aliphatic rings. The SMILES string of the molecule is C=C1C(C)(C)[C@@H]2CC[C@@]1(c1ccccc1)C2. The predicted molar refractivity (Wildman–Crippen MR) is 68.4 cm³/mol. The lowest BCUT2D eigenvalue weighted by Crippen LogP contribution is -2.30. The average Bonchev–Trinajstić information content (AvgIpc) is 2.81. The molecule has 16 heavy (non-hydrogen) atoms. The Morgan fingerprint density at radius 2 is 1.88 bits per heavy atom. The van der Waals surface area contributed by atoms with Crippen LogP contribution in [0.5, 0.6) is 0 Å². The minimum absolute atomic E-state index is 0.301. The zero-order valence-electron chi connectivity index (χ0n) is 10.3. The summed E-state index contributed by atoms with van der Waals surface area (Å²) in [4.78, 5) is 0. The van der Waals surface area contributed by atoms with E-state index < -0.39 is 0 Å². The molecule has 0 amide bonds. The molecule has 0 spiro atoms. The van der Waals surface area contributed by atoms with Crippen LogP contribution >= 0.6 is 0 Å². The van der Waals surface area contributed by atoms with Gasteiger partial charge >= 0.3 is 0 Å². The summed E-state index contributed by atoms with van der Waals surface area (Å²) in [6.07, 6.45) is 4.01. The largest absolute Gasteiger partial charge is 0.0984 e. The summed E-state index contributed by atoms with van der Waals surface area (Å²) in [6.45, 7) is 9.20. The standard InChI is InChI=1S/C16H20/c1-12-15(2,3)14-9-10-16(12,11-14)13-7-5-4-6-8-13/h4-8,14H,1,9-11H2,2-3H3/t14-,16-/m1/s1. The summed E-state index contributed by atoms with van der Waals surface area (Å²) < 4.78 is 0. The van der Waals surface area contributed by atoms with Gasteiger partial charge in [-0.25, -0.2) is 0 Å². The van der Waals surface area contributed by atoms with Gasteiger partial charge in [0.25, 0.3) is 0 Å². The molecule has 1 aromatic rings. The Kier molecular flexibility index (Phi) is 1.90. The summed E-state index contributed by atoms with van der Waals surface area (Å²) in [5, 5.41) is 0. The van der Waals surface area contributed by atoms with Crippen LogP contribution in [0.4, 0.5) is 0 Å². The molecule has 0 unspecified atom stereocenters. The van der Waals surface area contributed by atoms with Gasteiger partial charge in [0, 0.05) is 5.41 Å². The summed E-state index contributed by atoms with van der Waals surface area (Å²) in [6, 6.07) is 11.0. The van der Waals surface area contributed by atoms with Crippen molar-refractivity contribution in [3.63, 3.8) is 0 Å². The van der Waals surface area contributed by atoms with Crippen molar-refractivity contribution < 1.29 is 0 Å². The van der Waals surface area contributed by atoms with Crippen molar-refractivity contribution in [3.8, 4) is 0 Å². The highest BCUT2D eigenvalue weighted by molar-refractivity contribution is 5.44. The monoisotopic (exact) mass is 212 g/mol. The minimum Gasteiger partial charge on any atom is -0.0984 e. The Morgan fingerprint density at radius 3 is 2.44 bits per heavy atom. The van der Waals surface area contributed by atoms with Crippen LogP contribution in [0, 0.1) is 11.3 Å². The second kappa shape index (κ2) is 3.00. The highest BCUT2D eigenvalue weighted by Gasteiger charge is 2.57. The summed E-state index contributed by atoms with van der Waals surface area (Å²) in [7, 11) is 0. The normalized spacial score (nSPS) is 35.6. The molecule has 0 aliphatic heterocycles. The van der Waals surface area contributed by atoms with Crippen molar-refractivity contribution in [1.82, 2.24) is 0 Å². The maximum atomic E-state index is 4.44. The van der Waals surface area contributed by atoms with Crippen LogP contribution in [0.1, 0.15) is 38.7 Å². The van der Waals surface area contributed by atoms with E-state index in [2.05, 4.69) is 50.8 Å². The van der Waals surface area contributed by atoms with Crippen molar-refractivity contribution in [3.05, 3.63) is 48.0 Å². The first kappa shape index (κ1) is 10.1. The lowest BCUT2D eigenvalue weighted by molar-refractivity contribution is 0.284. The average molecular weight is 212 g/mol. The number of rotatable bonds is 1. The van der Waals surface area contributed by atoms with E-state index in [1.165, 1.54) is 30.4 Å². The van der Waals surface area contributed by atoms with Gasteiger partial charge in [0.2, 0.25) is 0 Å². The van der Waals surface area contributed by atoms with E-state index in [9.17, 15) is 0 Å². The highest BCUT2D eigenvalue weighted by Crippen LogP contribution is 2.65. The second-order valence-corrected chi connectivity index (χ2v) is 6.09. The zero-order chi connectivity index (χ0) is 11.4.